The largest absolute Gasteiger partial charge is 0.496 e. The molecule has 0 aromatic heterocycles. The number of amides is 1. The van der Waals surface area contributed by atoms with Gasteiger partial charge in [0.05, 0.1) is 40.4 Å². The Balaban J connectivity index is 1.87. The Morgan fingerprint density at radius 1 is 1.09 bits per heavy atom. The van der Waals surface area contributed by atoms with Crippen LogP contribution in [-0.2, 0) is 14.8 Å². The molecular formula is C22H25ClN2O6S. The van der Waals surface area contributed by atoms with Gasteiger partial charge in [-0.2, -0.15) is 4.31 Å². The van der Waals surface area contributed by atoms with Gasteiger partial charge < -0.3 is 14.8 Å². The molecule has 2 aromatic rings. The minimum atomic E-state index is -3.72. The van der Waals surface area contributed by atoms with E-state index >= 15 is 0 Å². The lowest BCUT2D eigenvalue weighted by Crippen LogP contribution is -2.35. The Bertz CT molecular complexity index is 1110. The highest BCUT2D eigenvalue weighted by Crippen LogP contribution is 2.29. The van der Waals surface area contributed by atoms with Gasteiger partial charge in [-0.25, -0.2) is 13.2 Å². The summed E-state index contributed by atoms with van der Waals surface area (Å²) < 4.78 is 37.7. The number of benzene rings is 2. The lowest BCUT2D eigenvalue weighted by atomic mass is 10.1. The first-order valence-electron chi connectivity index (χ1n) is 10.2. The van der Waals surface area contributed by atoms with E-state index in [0.717, 1.165) is 19.3 Å². The van der Waals surface area contributed by atoms with Crippen LogP contribution in [0.5, 0.6) is 5.75 Å². The fraction of sp³-hybridized carbons (Fsp3) is 0.364. The molecule has 1 aliphatic heterocycles. The first kappa shape index (κ1) is 24.0. The van der Waals surface area contributed by atoms with Gasteiger partial charge in [-0.1, -0.05) is 18.0 Å². The molecule has 0 atom stereocenters. The summed E-state index contributed by atoms with van der Waals surface area (Å²) in [4.78, 5) is 24.8. The van der Waals surface area contributed by atoms with Crippen molar-refractivity contribution < 1.29 is 27.5 Å². The molecule has 1 aliphatic rings. The molecule has 1 fully saturated rings. The van der Waals surface area contributed by atoms with E-state index in [9.17, 15) is 18.0 Å². The summed E-state index contributed by atoms with van der Waals surface area (Å²) in [5.74, 6) is -0.896. The van der Waals surface area contributed by atoms with Gasteiger partial charge in [0.15, 0.2) is 0 Å². The molecule has 10 heteroatoms. The summed E-state index contributed by atoms with van der Waals surface area (Å²) in [7, 11) is -2.33. The highest BCUT2D eigenvalue weighted by Gasteiger charge is 2.28. The van der Waals surface area contributed by atoms with Crippen LogP contribution in [0, 0.1) is 0 Å². The Morgan fingerprint density at radius 3 is 2.44 bits per heavy atom. The van der Waals surface area contributed by atoms with Gasteiger partial charge >= 0.3 is 5.97 Å². The van der Waals surface area contributed by atoms with Gasteiger partial charge in [0.25, 0.3) is 5.91 Å². The molecule has 0 spiro atoms. The fourth-order valence-corrected chi connectivity index (χ4v) is 5.20. The molecule has 0 radical (unpaired) electrons. The molecule has 0 aliphatic carbocycles. The Hall–Kier alpha value is -2.62. The van der Waals surface area contributed by atoms with Crippen molar-refractivity contribution in [2.75, 3.05) is 32.1 Å². The average Bonchev–Trinajstić information content (AvgIpc) is 2.80. The molecule has 1 heterocycles. The number of anilines is 1. The molecule has 172 valence electrons. The van der Waals surface area contributed by atoms with Crippen molar-refractivity contribution in [1.29, 1.82) is 0 Å². The number of esters is 1. The van der Waals surface area contributed by atoms with Crippen LogP contribution >= 0.6 is 11.6 Å². The van der Waals surface area contributed by atoms with Crippen LogP contribution in [0.2, 0.25) is 5.02 Å². The zero-order chi connectivity index (χ0) is 23.3. The van der Waals surface area contributed by atoms with Crippen molar-refractivity contribution in [3.63, 3.8) is 0 Å². The highest BCUT2D eigenvalue weighted by atomic mass is 35.5. The number of carbonyl (C=O) groups is 2. The van der Waals surface area contributed by atoms with Crippen molar-refractivity contribution >= 4 is 39.2 Å². The fourth-order valence-electron chi connectivity index (χ4n) is 3.43. The number of sulfonamides is 1. The second kappa shape index (κ2) is 10.3. The van der Waals surface area contributed by atoms with Crippen LogP contribution < -0.4 is 10.1 Å². The van der Waals surface area contributed by atoms with E-state index in [2.05, 4.69) is 5.32 Å². The number of halogens is 1. The highest BCUT2D eigenvalue weighted by molar-refractivity contribution is 7.89. The monoisotopic (exact) mass is 480 g/mol. The number of methoxy groups -OCH3 is 1. The molecular weight excluding hydrogens is 456 g/mol. The van der Waals surface area contributed by atoms with Gasteiger partial charge in [0.2, 0.25) is 10.0 Å². The molecule has 1 saturated heterocycles. The smallest absolute Gasteiger partial charge is 0.338 e. The SMILES string of the molecule is CCOC(=O)c1ccc(NC(=O)c2cc(S(=O)(=O)N3CCCCC3)ccc2OC)c(Cl)c1. The predicted molar refractivity (Wildman–Crippen MR) is 121 cm³/mol. The lowest BCUT2D eigenvalue weighted by molar-refractivity contribution is 0.0526. The number of hydrogen-bond donors (Lipinski definition) is 1. The minimum Gasteiger partial charge on any atom is -0.496 e. The van der Waals surface area contributed by atoms with Crippen molar-refractivity contribution in [2.24, 2.45) is 0 Å². The molecule has 1 N–H and O–H groups in total. The maximum absolute atomic E-state index is 13.0. The van der Waals surface area contributed by atoms with E-state index in [0.29, 0.717) is 13.1 Å². The van der Waals surface area contributed by atoms with Crippen molar-refractivity contribution in [3.8, 4) is 5.75 Å². The van der Waals surface area contributed by atoms with Crippen LogP contribution in [-0.4, -0.2) is 51.4 Å². The maximum Gasteiger partial charge on any atom is 0.338 e. The second-order valence-electron chi connectivity index (χ2n) is 7.20. The van der Waals surface area contributed by atoms with Gasteiger partial charge in [0, 0.05) is 13.1 Å². The van der Waals surface area contributed by atoms with Gasteiger partial charge in [-0.05, 0) is 56.2 Å². The third kappa shape index (κ3) is 5.23. The number of hydrogen-bond acceptors (Lipinski definition) is 6. The number of nitrogens with one attached hydrogen (secondary N) is 1. The van der Waals surface area contributed by atoms with E-state index in [1.807, 2.05) is 0 Å². The van der Waals surface area contributed by atoms with E-state index < -0.39 is 21.9 Å². The van der Waals surface area contributed by atoms with Gasteiger partial charge in [-0.15, -0.1) is 0 Å². The van der Waals surface area contributed by atoms with E-state index in [4.69, 9.17) is 21.1 Å². The number of ether oxygens (including phenoxy) is 2. The molecule has 1 amide bonds. The quantitative estimate of drug-likeness (QED) is 0.602. The zero-order valence-corrected chi connectivity index (χ0v) is 19.5. The number of rotatable bonds is 7. The molecule has 8 nitrogen and oxygen atoms in total. The normalized spacial score (nSPS) is 14.6. The third-order valence-corrected chi connectivity index (χ3v) is 7.30. The topological polar surface area (TPSA) is 102 Å². The lowest BCUT2D eigenvalue weighted by Gasteiger charge is -2.26. The number of piperidine rings is 1. The van der Waals surface area contributed by atoms with E-state index in [1.54, 1.807) is 6.92 Å². The molecule has 2 aromatic carbocycles. The Kier molecular flexibility index (Phi) is 7.76. The van der Waals surface area contributed by atoms with E-state index in [-0.39, 0.29) is 39.1 Å². The van der Waals surface area contributed by atoms with Gasteiger partial charge in [0.1, 0.15) is 5.75 Å². The van der Waals surface area contributed by atoms with E-state index in [1.165, 1.54) is 47.8 Å². The molecule has 32 heavy (non-hydrogen) atoms. The first-order valence-corrected chi connectivity index (χ1v) is 12.1. The summed E-state index contributed by atoms with van der Waals surface area (Å²) in [5, 5.41) is 2.78. The molecule has 0 saturated carbocycles. The van der Waals surface area contributed by atoms with Crippen LogP contribution in [0.4, 0.5) is 5.69 Å². The Labute approximate surface area is 192 Å². The molecule has 3 rings (SSSR count). The van der Waals surface area contributed by atoms with Crippen LogP contribution in [0.1, 0.15) is 46.9 Å². The average molecular weight is 481 g/mol. The minimum absolute atomic E-state index is 0.0223. The van der Waals surface area contributed by atoms with Crippen molar-refractivity contribution in [3.05, 3.63) is 52.5 Å². The standard InChI is InChI=1S/C22H25ClN2O6S/c1-3-31-22(27)15-7-9-19(18(23)13-15)24-21(26)17-14-16(8-10-20(17)30-2)32(28,29)25-11-5-4-6-12-25/h7-10,13-14H,3-6,11-12H2,1-2H3,(H,24,26). The number of nitrogens with zero attached hydrogens (tertiary/aromatic N) is 1. The molecule has 0 unspecified atom stereocenters. The molecule has 0 bridgehead atoms. The zero-order valence-electron chi connectivity index (χ0n) is 17.9. The van der Waals surface area contributed by atoms with Crippen LogP contribution in [0.15, 0.2) is 41.3 Å². The van der Waals surface area contributed by atoms with Gasteiger partial charge in [-0.3, -0.25) is 4.79 Å². The number of carbonyl (C=O) groups excluding carboxylic acids is 2. The summed E-state index contributed by atoms with van der Waals surface area (Å²) in [6.07, 6.45) is 2.62. The van der Waals surface area contributed by atoms with Crippen molar-refractivity contribution in [2.45, 2.75) is 31.1 Å². The summed E-state index contributed by atoms with van der Waals surface area (Å²) >= 11 is 6.23. The Morgan fingerprint density at radius 2 is 1.81 bits per heavy atom. The first-order chi connectivity index (χ1) is 15.3. The second-order valence-corrected chi connectivity index (χ2v) is 9.54. The van der Waals surface area contributed by atoms with Crippen LogP contribution in [0.25, 0.3) is 0 Å². The summed E-state index contributed by atoms with van der Waals surface area (Å²) in [6, 6.07) is 8.54. The maximum atomic E-state index is 13.0. The summed E-state index contributed by atoms with van der Waals surface area (Å²) in [5.41, 5.74) is 0.564. The predicted octanol–water partition coefficient (Wildman–Crippen LogP) is 3.95. The van der Waals surface area contributed by atoms with Crippen LogP contribution in [0.3, 0.4) is 0 Å². The van der Waals surface area contributed by atoms with Crippen molar-refractivity contribution in [1.82, 2.24) is 4.31 Å². The summed E-state index contributed by atoms with van der Waals surface area (Å²) in [6.45, 7) is 2.84. The third-order valence-electron chi connectivity index (χ3n) is 5.10.